The summed E-state index contributed by atoms with van der Waals surface area (Å²) in [4.78, 5) is 24.4. The van der Waals surface area contributed by atoms with E-state index in [0.29, 0.717) is 55.0 Å². The van der Waals surface area contributed by atoms with E-state index >= 15 is 0 Å². The number of amides is 2. The Bertz CT molecular complexity index is 1980. The maximum atomic E-state index is 12.4. The first kappa shape index (κ1) is 36.4. The molecule has 5 aromatic rings. The Labute approximate surface area is 285 Å². The lowest BCUT2D eigenvalue weighted by Crippen LogP contribution is -2.42. The Morgan fingerprint density at radius 2 is 1.75 bits per heavy atom. The zero-order valence-electron chi connectivity index (χ0n) is 28.5. The van der Waals surface area contributed by atoms with Crippen molar-refractivity contribution in [1.82, 2.24) is 24.4 Å². The van der Waals surface area contributed by atoms with Crippen molar-refractivity contribution in [3.05, 3.63) is 65.8 Å². The van der Waals surface area contributed by atoms with Gasteiger partial charge in [0.25, 0.3) is 0 Å². The van der Waals surface area contributed by atoms with Gasteiger partial charge in [0.15, 0.2) is 26.3 Å². The molecule has 48 heavy (non-hydrogen) atoms. The number of aromatic nitrogens is 4. The number of hydrogen-bond acceptors (Lipinski definition) is 10. The number of urea groups is 1. The molecule has 1 aliphatic rings. The Morgan fingerprint density at radius 1 is 1.04 bits per heavy atom. The summed E-state index contributed by atoms with van der Waals surface area (Å²) in [5.74, 6) is 8.30. The fraction of sp³-hybridized carbons (Fsp3) is 0.412. The van der Waals surface area contributed by atoms with E-state index in [2.05, 4.69) is 42.5 Å². The molecule has 1 fully saturated rings. The lowest BCUT2D eigenvalue weighted by atomic mass is 9.93. The highest BCUT2D eigenvalue weighted by Crippen LogP contribution is 2.28. The molecule has 6 rings (SSSR count). The molecule has 0 saturated carbocycles. The molecule has 1 saturated heterocycles. The molecule has 2 N–H and O–H groups in total. The fourth-order valence-electron chi connectivity index (χ4n) is 4.51. The van der Waals surface area contributed by atoms with Crippen molar-refractivity contribution >= 4 is 54.0 Å². The first-order chi connectivity index (χ1) is 23.0. The number of imidazole rings is 1. The number of rotatable bonds is 6. The SMILES string of the molecule is CC.CC.CC(C)(C)c1cc(NC(=O)Nc2ccc(C#Cc3cn4c(n3)sc3cc(OCCN5CCS(=O)(=O)CC5)cnc34)cc2)no1. The number of fused-ring (bicyclic) bond motifs is 3. The van der Waals surface area contributed by atoms with Gasteiger partial charge < -0.3 is 14.6 Å². The number of nitrogens with zero attached hydrogens (tertiary/aromatic N) is 5. The van der Waals surface area contributed by atoms with Gasteiger partial charge in [0.2, 0.25) is 0 Å². The molecule has 0 unspecified atom stereocenters. The molecule has 0 aliphatic carbocycles. The minimum absolute atomic E-state index is 0.205. The number of carbonyl (C=O) groups is 1. The van der Waals surface area contributed by atoms with Crippen LogP contribution in [0.2, 0.25) is 0 Å². The number of hydrogen-bond donors (Lipinski definition) is 2. The molecule has 5 heterocycles. The van der Waals surface area contributed by atoms with Crippen LogP contribution in [0.15, 0.2) is 53.3 Å². The van der Waals surface area contributed by atoms with E-state index in [1.165, 1.54) is 11.3 Å². The second-order valence-electron chi connectivity index (χ2n) is 11.4. The molecule has 1 aliphatic heterocycles. The van der Waals surface area contributed by atoms with E-state index in [1.54, 1.807) is 24.4 Å². The van der Waals surface area contributed by atoms with Crippen molar-refractivity contribution < 1.29 is 22.5 Å². The van der Waals surface area contributed by atoms with E-state index in [4.69, 9.17) is 9.26 Å². The van der Waals surface area contributed by atoms with Crippen molar-refractivity contribution in [3.8, 4) is 17.6 Å². The van der Waals surface area contributed by atoms with Gasteiger partial charge in [0.05, 0.1) is 22.4 Å². The molecule has 1 aromatic carbocycles. The Balaban J connectivity index is 0.00000125. The molecule has 256 valence electrons. The van der Waals surface area contributed by atoms with E-state index in [-0.39, 0.29) is 16.9 Å². The standard InChI is InChI=1S/C30H31N7O5S2.2C2H6/c1-30(2,3)25-17-26(35-42-25)34-28(38)32-21-7-4-20(5-8-21)6-9-22-19-37-27-24(43-29(37)33-22)16-23(18-31-27)41-13-10-36-11-14-44(39,40)15-12-36;2*1-2/h4-5,7-8,16-19H,10-15H2,1-3H3,(H2,32,34,35,38);2*1-2H3. The number of pyridine rings is 1. The van der Waals surface area contributed by atoms with E-state index < -0.39 is 15.9 Å². The Kier molecular flexibility index (Phi) is 12.2. The van der Waals surface area contributed by atoms with E-state index in [9.17, 15) is 13.2 Å². The Hall–Kier alpha value is -4.45. The summed E-state index contributed by atoms with van der Waals surface area (Å²) in [6, 6.07) is 10.4. The van der Waals surface area contributed by atoms with Crippen LogP contribution in [-0.2, 0) is 15.3 Å². The van der Waals surface area contributed by atoms with Gasteiger partial charge in [-0.05, 0) is 30.2 Å². The van der Waals surface area contributed by atoms with Crippen molar-refractivity contribution in [2.45, 2.75) is 53.9 Å². The summed E-state index contributed by atoms with van der Waals surface area (Å²) in [7, 11) is -2.89. The zero-order chi connectivity index (χ0) is 34.9. The maximum Gasteiger partial charge on any atom is 0.324 e. The summed E-state index contributed by atoms with van der Waals surface area (Å²) < 4.78 is 37.2. The van der Waals surface area contributed by atoms with Gasteiger partial charge in [-0.1, -0.05) is 70.9 Å². The summed E-state index contributed by atoms with van der Waals surface area (Å²) in [5, 5.41) is 9.34. The van der Waals surface area contributed by atoms with Crippen LogP contribution in [-0.4, -0.2) is 76.6 Å². The lowest BCUT2D eigenvalue weighted by molar-refractivity contribution is 0.219. The Morgan fingerprint density at radius 3 is 2.42 bits per heavy atom. The monoisotopic (exact) mass is 693 g/mol. The topological polar surface area (TPSA) is 144 Å². The smallest absolute Gasteiger partial charge is 0.324 e. The third kappa shape index (κ3) is 9.56. The minimum atomic E-state index is -2.89. The number of sulfone groups is 1. The van der Waals surface area contributed by atoms with Crippen LogP contribution in [0.25, 0.3) is 15.3 Å². The molecule has 0 atom stereocenters. The van der Waals surface area contributed by atoms with Crippen LogP contribution >= 0.6 is 11.3 Å². The molecule has 0 spiro atoms. The quantitative estimate of drug-likeness (QED) is 0.192. The first-order valence-corrected chi connectivity index (χ1v) is 18.7. The summed E-state index contributed by atoms with van der Waals surface area (Å²) in [5.41, 5.74) is 2.57. The van der Waals surface area contributed by atoms with Crippen LogP contribution < -0.4 is 15.4 Å². The third-order valence-electron chi connectivity index (χ3n) is 6.99. The predicted octanol–water partition coefficient (Wildman–Crippen LogP) is 6.43. The zero-order valence-corrected chi connectivity index (χ0v) is 30.1. The minimum Gasteiger partial charge on any atom is -0.491 e. The predicted molar refractivity (Wildman–Crippen MR) is 192 cm³/mol. The van der Waals surface area contributed by atoms with Gasteiger partial charge in [-0.15, -0.1) is 0 Å². The summed E-state index contributed by atoms with van der Waals surface area (Å²) >= 11 is 1.50. The molecular weight excluding hydrogens is 651 g/mol. The van der Waals surface area contributed by atoms with Gasteiger partial charge in [-0.3, -0.25) is 14.6 Å². The average molecular weight is 694 g/mol. The average Bonchev–Trinajstić information content (AvgIpc) is 3.78. The van der Waals surface area contributed by atoms with E-state index in [0.717, 1.165) is 20.9 Å². The van der Waals surface area contributed by atoms with E-state index in [1.807, 2.05) is 77.3 Å². The van der Waals surface area contributed by atoms with Crippen molar-refractivity contribution in [3.63, 3.8) is 0 Å². The number of anilines is 2. The molecule has 0 bridgehead atoms. The van der Waals surface area contributed by atoms with Crippen LogP contribution in [0.5, 0.6) is 5.75 Å². The highest BCUT2D eigenvalue weighted by Gasteiger charge is 2.22. The van der Waals surface area contributed by atoms with Crippen LogP contribution in [0.3, 0.4) is 0 Å². The third-order valence-corrected chi connectivity index (χ3v) is 9.59. The van der Waals surface area contributed by atoms with Gasteiger partial charge in [0.1, 0.15) is 23.8 Å². The normalized spacial score (nSPS) is 14.1. The van der Waals surface area contributed by atoms with Crippen molar-refractivity contribution in [2.24, 2.45) is 0 Å². The number of thiazole rings is 1. The van der Waals surface area contributed by atoms with Crippen LogP contribution in [0.4, 0.5) is 16.3 Å². The summed E-state index contributed by atoms with van der Waals surface area (Å²) in [6.45, 7) is 16.2. The number of ether oxygens (including phenoxy) is 1. The first-order valence-electron chi connectivity index (χ1n) is 16.0. The van der Waals surface area contributed by atoms with Crippen LogP contribution in [0, 0.1) is 11.8 Å². The number of benzene rings is 1. The molecule has 0 radical (unpaired) electrons. The van der Waals surface area contributed by atoms with Gasteiger partial charge in [-0.2, -0.15) is 0 Å². The number of carbonyl (C=O) groups excluding carboxylic acids is 1. The van der Waals surface area contributed by atoms with Gasteiger partial charge >= 0.3 is 6.03 Å². The highest BCUT2D eigenvalue weighted by atomic mass is 32.2. The highest BCUT2D eigenvalue weighted by molar-refractivity contribution is 7.91. The lowest BCUT2D eigenvalue weighted by Gasteiger charge is -2.26. The molecule has 2 amide bonds. The second-order valence-corrected chi connectivity index (χ2v) is 14.8. The van der Waals surface area contributed by atoms with Gasteiger partial charge in [-0.25, -0.2) is 23.2 Å². The molecule has 14 heteroatoms. The van der Waals surface area contributed by atoms with Crippen LogP contribution in [0.1, 0.15) is 65.5 Å². The fourth-order valence-corrected chi connectivity index (χ4v) is 6.78. The van der Waals surface area contributed by atoms with Crippen molar-refractivity contribution in [2.75, 3.05) is 48.4 Å². The molecule has 12 nitrogen and oxygen atoms in total. The molecular formula is C34H43N7O5S2. The molecule has 4 aromatic heterocycles. The maximum absolute atomic E-state index is 12.4. The van der Waals surface area contributed by atoms with Crippen molar-refractivity contribution in [1.29, 1.82) is 0 Å². The second kappa shape index (κ2) is 16.1. The summed E-state index contributed by atoms with van der Waals surface area (Å²) in [6.07, 6.45) is 3.54. The van der Waals surface area contributed by atoms with Gasteiger partial charge in [0, 0.05) is 54.6 Å². The number of nitrogens with one attached hydrogen (secondary N) is 2. The largest absolute Gasteiger partial charge is 0.491 e.